The van der Waals surface area contributed by atoms with Crippen molar-refractivity contribution in [3.8, 4) is 5.69 Å². The van der Waals surface area contributed by atoms with E-state index < -0.39 is 0 Å². The number of benzene rings is 1. The van der Waals surface area contributed by atoms with Crippen LogP contribution in [0.4, 0.5) is 4.39 Å². The minimum absolute atomic E-state index is 0.214. The van der Waals surface area contributed by atoms with E-state index in [2.05, 4.69) is 25.2 Å². The molecule has 1 aromatic carbocycles. The number of nitrogens with one attached hydrogen (secondary N) is 1. The first-order chi connectivity index (χ1) is 12.6. The average Bonchev–Trinajstić information content (AvgIpc) is 3.25. The van der Waals surface area contributed by atoms with Crippen molar-refractivity contribution in [2.24, 2.45) is 0 Å². The Morgan fingerprint density at radius 1 is 1.27 bits per heavy atom. The number of likely N-dealkylation sites (tertiary alicyclic amines) is 1. The summed E-state index contributed by atoms with van der Waals surface area (Å²) in [5.41, 5.74) is 3.91. The Morgan fingerprint density at radius 3 is 2.88 bits per heavy atom. The van der Waals surface area contributed by atoms with E-state index in [1.54, 1.807) is 12.4 Å². The fourth-order valence-corrected chi connectivity index (χ4v) is 3.84. The molecular formula is C19H23FN6. The molecule has 1 atom stereocenters. The summed E-state index contributed by atoms with van der Waals surface area (Å²) in [4.78, 5) is 6.67. The number of halogens is 1. The van der Waals surface area contributed by atoms with Gasteiger partial charge in [0.05, 0.1) is 11.4 Å². The number of piperidine rings is 1. The van der Waals surface area contributed by atoms with Crippen molar-refractivity contribution in [1.29, 1.82) is 0 Å². The van der Waals surface area contributed by atoms with Gasteiger partial charge in [-0.25, -0.2) is 14.1 Å². The molecule has 0 saturated carbocycles. The maximum Gasteiger partial charge on any atom is 0.137 e. The second kappa shape index (κ2) is 6.99. The van der Waals surface area contributed by atoms with Crippen LogP contribution in [0.1, 0.15) is 41.5 Å². The highest BCUT2D eigenvalue weighted by atomic mass is 19.1. The highest BCUT2D eigenvalue weighted by molar-refractivity contribution is 5.42. The molecule has 2 aromatic heterocycles. The fraction of sp³-hybridized carbons (Fsp3) is 0.421. The lowest BCUT2D eigenvalue weighted by atomic mass is 9.97. The van der Waals surface area contributed by atoms with Gasteiger partial charge in [-0.05, 0) is 63.1 Å². The molecule has 0 bridgehead atoms. The van der Waals surface area contributed by atoms with Crippen LogP contribution in [-0.4, -0.2) is 43.0 Å². The molecule has 1 aliphatic rings. The van der Waals surface area contributed by atoms with Gasteiger partial charge in [0.15, 0.2) is 0 Å². The second-order valence-corrected chi connectivity index (χ2v) is 7.06. The first kappa shape index (κ1) is 16.9. The molecule has 3 heterocycles. The minimum Gasteiger partial charge on any atom is -0.298 e. The van der Waals surface area contributed by atoms with Gasteiger partial charge in [0.25, 0.3) is 0 Å². The Labute approximate surface area is 152 Å². The highest BCUT2D eigenvalue weighted by Crippen LogP contribution is 2.27. The number of H-pyrrole nitrogens is 1. The summed E-state index contributed by atoms with van der Waals surface area (Å²) in [5.74, 6) is 1.07. The van der Waals surface area contributed by atoms with E-state index in [4.69, 9.17) is 0 Å². The highest BCUT2D eigenvalue weighted by Gasteiger charge is 2.24. The van der Waals surface area contributed by atoms with Crippen LogP contribution in [0.3, 0.4) is 0 Å². The molecule has 1 fully saturated rings. The summed E-state index contributed by atoms with van der Waals surface area (Å²) in [5, 5.41) is 11.5. The lowest BCUT2D eigenvalue weighted by Crippen LogP contribution is -2.34. The van der Waals surface area contributed by atoms with Crippen LogP contribution in [-0.2, 0) is 6.54 Å². The van der Waals surface area contributed by atoms with Crippen molar-refractivity contribution >= 4 is 0 Å². The lowest BCUT2D eigenvalue weighted by molar-refractivity contribution is 0.196. The molecule has 136 valence electrons. The van der Waals surface area contributed by atoms with Crippen LogP contribution in [0.5, 0.6) is 0 Å². The average molecular weight is 354 g/mol. The van der Waals surface area contributed by atoms with Gasteiger partial charge in [0, 0.05) is 24.7 Å². The van der Waals surface area contributed by atoms with E-state index in [1.807, 2.05) is 30.7 Å². The van der Waals surface area contributed by atoms with Crippen LogP contribution in [0.2, 0.25) is 0 Å². The summed E-state index contributed by atoms with van der Waals surface area (Å²) >= 11 is 0. The molecule has 0 aliphatic carbocycles. The Morgan fingerprint density at radius 2 is 2.15 bits per heavy atom. The smallest absolute Gasteiger partial charge is 0.137 e. The zero-order chi connectivity index (χ0) is 18.1. The molecule has 1 aliphatic heterocycles. The maximum atomic E-state index is 14.0. The summed E-state index contributed by atoms with van der Waals surface area (Å²) in [6.45, 7) is 6.57. The maximum absolute atomic E-state index is 14.0. The standard InChI is InChI=1S/C19H23FN6/c1-13-8-14(2)26(24-13)18-6-5-17(20)9-16(18)11-25-7-3-4-15(10-25)19-21-12-22-23-19/h5-6,8-9,12,15H,3-4,7,10-11H2,1-2H3,(H,21,22,23)/t15-/m0/s1. The van der Waals surface area contributed by atoms with Gasteiger partial charge in [0.1, 0.15) is 18.0 Å². The molecule has 3 aromatic rings. The number of rotatable bonds is 4. The number of aromatic amines is 1. The van der Waals surface area contributed by atoms with E-state index in [0.29, 0.717) is 12.5 Å². The minimum atomic E-state index is -0.214. The second-order valence-electron chi connectivity index (χ2n) is 7.06. The number of hydrogen-bond acceptors (Lipinski definition) is 4. The SMILES string of the molecule is Cc1cc(C)n(-c2ccc(F)cc2CN2CCC[C@H](c3ncn[nH]3)C2)n1. The predicted octanol–water partition coefficient (Wildman–Crippen LogP) is 3.13. The quantitative estimate of drug-likeness (QED) is 0.782. The van der Waals surface area contributed by atoms with Crippen LogP contribution >= 0.6 is 0 Å². The van der Waals surface area contributed by atoms with Crippen molar-refractivity contribution in [3.05, 3.63) is 59.2 Å². The molecule has 0 unspecified atom stereocenters. The van der Waals surface area contributed by atoms with Gasteiger partial charge >= 0.3 is 0 Å². The van der Waals surface area contributed by atoms with Gasteiger partial charge in [-0.1, -0.05) is 0 Å². The molecule has 4 rings (SSSR count). The third-order valence-electron chi connectivity index (χ3n) is 5.00. The van der Waals surface area contributed by atoms with E-state index in [9.17, 15) is 4.39 Å². The zero-order valence-electron chi connectivity index (χ0n) is 15.1. The predicted molar refractivity (Wildman–Crippen MR) is 96.6 cm³/mol. The summed E-state index contributed by atoms with van der Waals surface area (Å²) in [7, 11) is 0. The molecule has 0 spiro atoms. The fourth-order valence-electron chi connectivity index (χ4n) is 3.84. The first-order valence-corrected chi connectivity index (χ1v) is 9.00. The zero-order valence-corrected chi connectivity index (χ0v) is 15.1. The van der Waals surface area contributed by atoms with Crippen molar-refractivity contribution in [3.63, 3.8) is 0 Å². The molecule has 7 heteroatoms. The summed E-state index contributed by atoms with van der Waals surface area (Å²) < 4.78 is 15.9. The van der Waals surface area contributed by atoms with Gasteiger partial charge in [-0.3, -0.25) is 10.00 Å². The number of aromatic nitrogens is 5. The Balaban J connectivity index is 1.59. The number of hydrogen-bond donors (Lipinski definition) is 1. The van der Waals surface area contributed by atoms with Gasteiger partial charge < -0.3 is 0 Å². The summed E-state index contributed by atoms with van der Waals surface area (Å²) in [6.07, 6.45) is 3.75. The Bertz CT molecular complexity index is 886. The topological polar surface area (TPSA) is 62.6 Å². The number of aryl methyl sites for hydroxylation is 2. The van der Waals surface area contributed by atoms with E-state index >= 15 is 0 Å². The van der Waals surface area contributed by atoms with Crippen molar-refractivity contribution in [1.82, 2.24) is 29.9 Å². The number of nitrogens with zero attached hydrogens (tertiary/aromatic N) is 5. The summed E-state index contributed by atoms with van der Waals surface area (Å²) in [6, 6.07) is 6.99. The van der Waals surface area contributed by atoms with Crippen LogP contribution in [0, 0.1) is 19.7 Å². The third kappa shape index (κ3) is 3.39. The third-order valence-corrected chi connectivity index (χ3v) is 5.00. The largest absolute Gasteiger partial charge is 0.298 e. The molecule has 1 saturated heterocycles. The molecule has 6 nitrogen and oxygen atoms in total. The van der Waals surface area contributed by atoms with Crippen molar-refractivity contribution < 1.29 is 4.39 Å². The Hall–Kier alpha value is -2.54. The normalized spacial score (nSPS) is 18.3. The molecular weight excluding hydrogens is 331 g/mol. The van der Waals surface area contributed by atoms with Gasteiger partial charge in [0.2, 0.25) is 0 Å². The lowest BCUT2D eigenvalue weighted by Gasteiger charge is -2.32. The Kier molecular flexibility index (Phi) is 4.55. The van der Waals surface area contributed by atoms with Gasteiger partial charge in [-0.15, -0.1) is 0 Å². The van der Waals surface area contributed by atoms with Crippen molar-refractivity contribution in [2.75, 3.05) is 13.1 Å². The molecule has 26 heavy (non-hydrogen) atoms. The monoisotopic (exact) mass is 354 g/mol. The van der Waals surface area contributed by atoms with Crippen LogP contribution in [0.15, 0.2) is 30.6 Å². The van der Waals surface area contributed by atoms with E-state index in [-0.39, 0.29) is 5.82 Å². The van der Waals surface area contributed by atoms with Crippen LogP contribution < -0.4 is 0 Å². The van der Waals surface area contributed by atoms with E-state index in [1.165, 1.54) is 6.07 Å². The first-order valence-electron chi connectivity index (χ1n) is 9.00. The molecule has 0 amide bonds. The molecule has 1 N–H and O–H groups in total. The van der Waals surface area contributed by atoms with Crippen molar-refractivity contribution in [2.45, 2.75) is 39.2 Å². The van der Waals surface area contributed by atoms with Gasteiger partial charge in [-0.2, -0.15) is 10.2 Å². The van der Waals surface area contributed by atoms with E-state index in [0.717, 1.165) is 54.4 Å². The van der Waals surface area contributed by atoms with Crippen LogP contribution in [0.25, 0.3) is 5.69 Å². The molecule has 0 radical (unpaired) electrons.